The second kappa shape index (κ2) is 7.29. The van der Waals surface area contributed by atoms with Gasteiger partial charge in [0.15, 0.2) is 0 Å². The minimum atomic E-state index is -0.797. The number of rotatable bonds is 4. The number of nitrogens with one attached hydrogen (secondary N) is 3. The number of amides is 4. The number of carbonyl (C=O) groups excluding carboxylic acids is 3. The molecule has 0 radical (unpaired) electrons. The van der Waals surface area contributed by atoms with Crippen LogP contribution in [0.25, 0.3) is 0 Å². The monoisotopic (exact) mass is 332 g/mol. The van der Waals surface area contributed by atoms with Crippen LogP contribution in [0.3, 0.4) is 0 Å². The van der Waals surface area contributed by atoms with E-state index in [0.29, 0.717) is 5.88 Å². The van der Waals surface area contributed by atoms with Crippen molar-refractivity contribution >= 4 is 17.8 Å². The summed E-state index contributed by atoms with van der Waals surface area (Å²) < 4.78 is 5.82. The van der Waals surface area contributed by atoms with Crippen molar-refractivity contribution in [1.29, 1.82) is 0 Å². The fourth-order valence-corrected chi connectivity index (χ4v) is 2.98. The van der Waals surface area contributed by atoms with Gasteiger partial charge in [-0.1, -0.05) is 6.07 Å². The van der Waals surface area contributed by atoms with E-state index in [4.69, 9.17) is 4.74 Å². The zero-order valence-electron chi connectivity index (χ0n) is 13.2. The van der Waals surface area contributed by atoms with Crippen molar-refractivity contribution in [2.24, 2.45) is 0 Å². The minimum absolute atomic E-state index is 0.0305. The quantitative estimate of drug-likeness (QED) is 0.743. The Bertz CT molecular complexity index is 598. The number of ether oxygens (including phenoxy) is 1. The number of aromatic nitrogens is 1. The van der Waals surface area contributed by atoms with Crippen molar-refractivity contribution in [2.75, 3.05) is 0 Å². The van der Waals surface area contributed by atoms with Gasteiger partial charge in [0, 0.05) is 18.3 Å². The van der Waals surface area contributed by atoms with Gasteiger partial charge in [0.2, 0.25) is 17.7 Å². The van der Waals surface area contributed by atoms with Crippen LogP contribution in [0.15, 0.2) is 24.4 Å². The third-order valence-corrected chi connectivity index (χ3v) is 4.21. The van der Waals surface area contributed by atoms with Crippen molar-refractivity contribution in [3.05, 3.63) is 24.4 Å². The van der Waals surface area contributed by atoms with E-state index in [1.165, 1.54) is 0 Å². The Kier molecular flexibility index (Phi) is 4.93. The van der Waals surface area contributed by atoms with Crippen molar-refractivity contribution in [3.8, 4) is 5.88 Å². The van der Waals surface area contributed by atoms with E-state index in [-0.39, 0.29) is 24.5 Å². The summed E-state index contributed by atoms with van der Waals surface area (Å²) >= 11 is 0. The second-order valence-corrected chi connectivity index (χ2v) is 6.05. The summed E-state index contributed by atoms with van der Waals surface area (Å²) in [6, 6.07) is 4.15. The lowest BCUT2D eigenvalue weighted by Gasteiger charge is -2.31. The number of urea groups is 1. The fourth-order valence-electron chi connectivity index (χ4n) is 2.98. The molecule has 0 spiro atoms. The van der Waals surface area contributed by atoms with Crippen LogP contribution in [-0.2, 0) is 9.59 Å². The Balaban J connectivity index is 1.44. The molecule has 0 aromatic carbocycles. The molecular weight excluding hydrogens is 312 g/mol. The molecule has 128 valence electrons. The molecule has 2 aliphatic rings. The van der Waals surface area contributed by atoms with Crippen molar-refractivity contribution in [3.63, 3.8) is 0 Å². The van der Waals surface area contributed by atoms with Crippen LogP contribution in [0.4, 0.5) is 4.79 Å². The van der Waals surface area contributed by atoms with Gasteiger partial charge < -0.3 is 15.4 Å². The summed E-state index contributed by atoms with van der Waals surface area (Å²) in [6.07, 6.45) is 4.96. The molecule has 3 N–H and O–H groups in total. The van der Waals surface area contributed by atoms with E-state index in [1.54, 1.807) is 6.20 Å². The highest BCUT2D eigenvalue weighted by atomic mass is 16.5. The molecule has 24 heavy (non-hydrogen) atoms. The Morgan fingerprint density at radius 2 is 2.00 bits per heavy atom. The number of hydrogen-bond acceptors (Lipinski definition) is 5. The minimum Gasteiger partial charge on any atom is -0.474 e. The Morgan fingerprint density at radius 3 is 2.67 bits per heavy atom. The van der Waals surface area contributed by atoms with Gasteiger partial charge >= 0.3 is 6.03 Å². The van der Waals surface area contributed by atoms with Gasteiger partial charge in [-0.05, 0) is 31.7 Å². The summed E-state index contributed by atoms with van der Waals surface area (Å²) in [5.74, 6) is -0.139. The second-order valence-electron chi connectivity index (χ2n) is 6.05. The Labute approximate surface area is 139 Å². The van der Waals surface area contributed by atoms with Gasteiger partial charge in [-0.2, -0.15) is 0 Å². The molecule has 1 aromatic rings. The number of carbonyl (C=O) groups is 3. The van der Waals surface area contributed by atoms with E-state index in [9.17, 15) is 14.4 Å². The molecule has 4 amide bonds. The van der Waals surface area contributed by atoms with Gasteiger partial charge in [0.1, 0.15) is 12.1 Å². The van der Waals surface area contributed by atoms with Gasteiger partial charge in [-0.25, -0.2) is 9.78 Å². The van der Waals surface area contributed by atoms with Gasteiger partial charge in [0.05, 0.1) is 6.42 Å². The van der Waals surface area contributed by atoms with E-state index >= 15 is 0 Å². The predicted molar refractivity (Wildman–Crippen MR) is 84.1 cm³/mol. The first kappa shape index (κ1) is 16.2. The van der Waals surface area contributed by atoms with Crippen LogP contribution < -0.4 is 20.7 Å². The predicted octanol–water partition coefficient (Wildman–Crippen LogP) is 0.486. The van der Waals surface area contributed by atoms with Crippen LogP contribution in [0.2, 0.25) is 0 Å². The summed E-state index contributed by atoms with van der Waals surface area (Å²) in [6.45, 7) is 0. The van der Waals surface area contributed by atoms with Gasteiger partial charge in [-0.3, -0.25) is 14.9 Å². The highest BCUT2D eigenvalue weighted by Gasteiger charge is 2.31. The molecule has 1 saturated heterocycles. The van der Waals surface area contributed by atoms with Crippen molar-refractivity contribution < 1.29 is 19.1 Å². The van der Waals surface area contributed by atoms with Crippen molar-refractivity contribution in [2.45, 2.75) is 50.3 Å². The molecule has 1 atom stereocenters. The average molecular weight is 332 g/mol. The number of imide groups is 1. The lowest BCUT2D eigenvalue weighted by Crippen LogP contribution is -2.58. The van der Waals surface area contributed by atoms with Crippen LogP contribution in [0.1, 0.15) is 32.1 Å². The molecule has 1 saturated carbocycles. The third-order valence-electron chi connectivity index (χ3n) is 4.21. The zero-order valence-corrected chi connectivity index (χ0v) is 13.2. The van der Waals surface area contributed by atoms with Crippen LogP contribution in [0, 0.1) is 0 Å². The first-order chi connectivity index (χ1) is 11.6. The highest BCUT2D eigenvalue weighted by molar-refractivity contribution is 6.02. The zero-order chi connectivity index (χ0) is 16.9. The Hall–Kier alpha value is -2.64. The molecule has 2 heterocycles. The largest absolute Gasteiger partial charge is 0.474 e. The smallest absolute Gasteiger partial charge is 0.322 e. The number of nitrogens with zero attached hydrogens (tertiary/aromatic N) is 1. The van der Waals surface area contributed by atoms with E-state index in [2.05, 4.69) is 20.9 Å². The maximum Gasteiger partial charge on any atom is 0.322 e. The number of pyridine rings is 1. The molecular formula is C16H20N4O4. The average Bonchev–Trinajstić information content (AvgIpc) is 2.57. The van der Waals surface area contributed by atoms with Gasteiger partial charge in [-0.15, -0.1) is 0 Å². The first-order valence-electron chi connectivity index (χ1n) is 8.08. The molecule has 8 heteroatoms. The highest BCUT2D eigenvalue weighted by Crippen LogP contribution is 2.22. The molecule has 0 bridgehead atoms. The topological polar surface area (TPSA) is 109 Å². The lowest BCUT2D eigenvalue weighted by atomic mass is 9.92. The molecule has 1 aliphatic heterocycles. The van der Waals surface area contributed by atoms with E-state index in [0.717, 1.165) is 25.7 Å². The van der Waals surface area contributed by atoms with Gasteiger partial charge in [0.25, 0.3) is 0 Å². The van der Waals surface area contributed by atoms with Crippen molar-refractivity contribution in [1.82, 2.24) is 20.9 Å². The Morgan fingerprint density at radius 1 is 1.21 bits per heavy atom. The standard InChI is InChI=1S/C16H20N4O4/c21-13-9-12(19-16(23)20-13)15(22)18-10-4-6-11(7-5-10)24-14-3-1-2-8-17-14/h1-3,8,10-12H,4-7,9H2,(H,18,22)(H2,19,20,21,23). The summed E-state index contributed by atoms with van der Waals surface area (Å²) in [4.78, 5) is 38.9. The lowest BCUT2D eigenvalue weighted by molar-refractivity contribution is -0.129. The molecule has 2 fully saturated rings. The fraction of sp³-hybridized carbons (Fsp3) is 0.500. The molecule has 1 unspecified atom stereocenters. The normalized spacial score (nSPS) is 26.9. The van der Waals surface area contributed by atoms with Crippen LogP contribution in [0.5, 0.6) is 5.88 Å². The molecule has 8 nitrogen and oxygen atoms in total. The van der Waals surface area contributed by atoms with Crippen LogP contribution >= 0.6 is 0 Å². The summed E-state index contributed by atoms with van der Waals surface area (Å²) in [7, 11) is 0. The SMILES string of the molecule is O=C1CC(C(=O)NC2CCC(Oc3ccccn3)CC2)NC(=O)N1. The number of hydrogen-bond donors (Lipinski definition) is 3. The third kappa shape index (κ3) is 4.21. The van der Waals surface area contributed by atoms with E-state index < -0.39 is 18.0 Å². The molecule has 1 aliphatic carbocycles. The summed E-state index contributed by atoms with van der Waals surface area (Å²) in [5, 5.41) is 7.48. The van der Waals surface area contributed by atoms with Crippen LogP contribution in [-0.4, -0.2) is 41.0 Å². The summed E-state index contributed by atoms with van der Waals surface area (Å²) in [5.41, 5.74) is 0. The molecule has 1 aromatic heterocycles. The maximum absolute atomic E-state index is 12.2. The first-order valence-corrected chi connectivity index (χ1v) is 8.08. The van der Waals surface area contributed by atoms with E-state index in [1.807, 2.05) is 18.2 Å². The maximum atomic E-state index is 12.2. The molecule has 3 rings (SSSR count).